The standard InChI is InChI=1S/C14H17BrN2OS/c1-17(10-4-3-5-11(8-10)18-2)12(9-16)13-6-7-14(15)19-13/h3-8,12H,9,16H2,1-2H3. The Bertz CT molecular complexity index is 544. The van der Waals surface area contributed by atoms with Crippen molar-refractivity contribution in [1.29, 1.82) is 0 Å². The van der Waals surface area contributed by atoms with Crippen LogP contribution in [0.1, 0.15) is 10.9 Å². The van der Waals surface area contributed by atoms with Crippen molar-refractivity contribution < 1.29 is 4.74 Å². The topological polar surface area (TPSA) is 38.5 Å². The molecule has 1 aromatic carbocycles. The Balaban J connectivity index is 2.27. The van der Waals surface area contributed by atoms with Crippen LogP contribution >= 0.6 is 27.3 Å². The molecule has 102 valence electrons. The van der Waals surface area contributed by atoms with E-state index in [9.17, 15) is 0 Å². The average Bonchev–Trinajstić information content (AvgIpc) is 2.86. The number of ether oxygens (including phenoxy) is 1. The Hall–Kier alpha value is -1.04. The molecule has 0 aliphatic rings. The van der Waals surface area contributed by atoms with E-state index in [0.717, 1.165) is 15.2 Å². The van der Waals surface area contributed by atoms with E-state index in [1.807, 2.05) is 18.2 Å². The lowest BCUT2D eigenvalue weighted by Crippen LogP contribution is -2.29. The summed E-state index contributed by atoms with van der Waals surface area (Å²) in [7, 11) is 3.73. The van der Waals surface area contributed by atoms with E-state index in [0.29, 0.717) is 6.54 Å². The van der Waals surface area contributed by atoms with Gasteiger partial charge in [-0.05, 0) is 40.2 Å². The van der Waals surface area contributed by atoms with Gasteiger partial charge in [0.25, 0.3) is 0 Å². The lowest BCUT2D eigenvalue weighted by Gasteiger charge is -2.28. The van der Waals surface area contributed by atoms with Crippen molar-refractivity contribution in [2.45, 2.75) is 6.04 Å². The molecule has 1 unspecified atom stereocenters. The number of rotatable bonds is 5. The first-order valence-corrected chi connectivity index (χ1v) is 7.59. The Kier molecular flexibility index (Phi) is 4.85. The number of thiophene rings is 1. The molecule has 19 heavy (non-hydrogen) atoms. The molecule has 1 aromatic heterocycles. The Morgan fingerprint density at radius 2 is 2.16 bits per heavy atom. The van der Waals surface area contributed by atoms with Crippen LogP contribution in [0, 0.1) is 0 Å². The summed E-state index contributed by atoms with van der Waals surface area (Å²) in [6, 6.07) is 12.4. The van der Waals surface area contributed by atoms with E-state index in [-0.39, 0.29) is 6.04 Å². The van der Waals surface area contributed by atoms with Crippen molar-refractivity contribution in [1.82, 2.24) is 0 Å². The van der Waals surface area contributed by atoms with E-state index >= 15 is 0 Å². The van der Waals surface area contributed by atoms with Crippen LogP contribution in [0.25, 0.3) is 0 Å². The van der Waals surface area contributed by atoms with Gasteiger partial charge in [-0.25, -0.2) is 0 Å². The highest BCUT2D eigenvalue weighted by molar-refractivity contribution is 9.11. The van der Waals surface area contributed by atoms with Gasteiger partial charge in [-0.2, -0.15) is 0 Å². The first kappa shape index (κ1) is 14.4. The second-order valence-corrected chi connectivity index (χ2v) is 6.70. The summed E-state index contributed by atoms with van der Waals surface area (Å²) >= 11 is 5.21. The van der Waals surface area contributed by atoms with Gasteiger partial charge in [-0.1, -0.05) is 6.07 Å². The molecule has 2 N–H and O–H groups in total. The Morgan fingerprint density at radius 1 is 1.37 bits per heavy atom. The third-order valence-corrected chi connectivity index (χ3v) is 4.80. The van der Waals surface area contributed by atoms with Gasteiger partial charge in [0, 0.05) is 30.2 Å². The van der Waals surface area contributed by atoms with Crippen LogP contribution in [0.2, 0.25) is 0 Å². The molecule has 0 aliphatic heterocycles. The minimum Gasteiger partial charge on any atom is -0.497 e. The normalized spacial score (nSPS) is 12.2. The predicted molar refractivity (Wildman–Crippen MR) is 85.2 cm³/mol. The fraction of sp³-hybridized carbons (Fsp3) is 0.286. The highest BCUT2D eigenvalue weighted by atomic mass is 79.9. The van der Waals surface area contributed by atoms with Gasteiger partial charge in [0.05, 0.1) is 16.9 Å². The summed E-state index contributed by atoms with van der Waals surface area (Å²) in [6.07, 6.45) is 0. The molecule has 1 atom stereocenters. The second-order valence-electron chi connectivity index (χ2n) is 4.21. The summed E-state index contributed by atoms with van der Waals surface area (Å²) in [5.41, 5.74) is 7.04. The number of methoxy groups -OCH3 is 1. The highest BCUT2D eigenvalue weighted by Crippen LogP contribution is 2.33. The largest absolute Gasteiger partial charge is 0.497 e. The fourth-order valence-electron chi connectivity index (χ4n) is 1.98. The summed E-state index contributed by atoms with van der Waals surface area (Å²) < 4.78 is 6.39. The number of likely N-dealkylation sites (N-methyl/N-ethyl adjacent to an activating group) is 1. The zero-order chi connectivity index (χ0) is 13.8. The molecule has 2 aromatic rings. The van der Waals surface area contributed by atoms with Gasteiger partial charge in [0.15, 0.2) is 0 Å². The SMILES string of the molecule is COc1cccc(N(C)C(CN)c2ccc(Br)s2)c1. The molecule has 0 bridgehead atoms. The zero-order valence-electron chi connectivity index (χ0n) is 11.0. The van der Waals surface area contributed by atoms with Crippen LogP contribution in [0.4, 0.5) is 5.69 Å². The highest BCUT2D eigenvalue weighted by Gasteiger charge is 2.18. The molecular weight excluding hydrogens is 324 g/mol. The molecule has 3 nitrogen and oxygen atoms in total. The van der Waals surface area contributed by atoms with Gasteiger partial charge in [0.1, 0.15) is 5.75 Å². The van der Waals surface area contributed by atoms with Crippen LogP contribution in [-0.4, -0.2) is 20.7 Å². The van der Waals surface area contributed by atoms with Crippen molar-refractivity contribution in [3.63, 3.8) is 0 Å². The summed E-state index contributed by atoms with van der Waals surface area (Å²) in [6.45, 7) is 0.570. The molecule has 0 saturated carbocycles. The van der Waals surface area contributed by atoms with Gasteiger partial charge >= 0.3 is 0 Å². The van der Waals surface area contributed by atoms with E-state index in [4.69, 9.17) is 10.5 Å². The molecule has 0 spiro atoms. The summed E-state index contributed by atoms with van der Waals surface area (Å²) in [5.74, 6) is 0.854. The molecule has 0 aliphatic carbocycles. The second kappa shape index (κ2) is 6.41. The van der Waals surface area contributed by atoms with Gasteiger partial charge in [-0.3, -0.25) is 0 Å². The summed E-state index contributed by atoms with van der Waals surface area (Å²) in [5, 5.41) is 0. The average molecular weight is 341 g/mol. The molecule has 0 fully saturated rings. The van der Waals surface area contributed by atoms with Gasteiger partial charge < -0.3 is 15.4 Å². The lowest BCUT2D eigenvalue weighted by molar-refractivity contribution is 0.414. The van der Waals surface area contributed by atoms with Crippen molar-refractivity contribution in [3.8, 4) is 5.75 Å². The first-order valence-electron chi connectivity index (χ1n) is 5.98. The number of halogens is 1. The Labute approximate surface area is 126 Å². The molecule has 0 radical (unpaired) electrons. The molecule has 0 saturated heterocycles. The molecule has 5 heteroatoms. The lowest BCUT2D eigenvalue weighted by atomic mass is 10.2. The van der Waals surface area contributed by atoms with E-state index in [1.54, 1.807) is 18.4 Å². The monoisotopic (exact) mass is 340 g/mol. The number of hydrogen-bond acceptors (Lipinski definition) is 4. The van der Waals surface area contributed by atoms with E-state index < -0.39 is 0 Å². The van der Waals surface area contributed by atoms with Crippen molar-refractivity contribution in [2.24, 2.45) is 5.73 Å². The number of nitrogens with zero attached hydrogens (tertiary/aromatic N) is 1. The number of anilines is 1. The third kappa shape index (κ3) is 3.29. The van der Waals surface area contributed by atoms with Crippen molar-refractivity contribution in [3.05, 3.63) is 45.1 Å². The van der Waals surface area contributed by atoms with E-state index in [1.165, 1.54) is 4.88 Å². The minimum atomic E-state index is 0.170. The maximum atomic E-state index is 5.94. The van der Waals surface area contributed by atoms with Crippen LogP contribution in [-0.2, 0) is 0 Å². The van der Waals surface area contributed by atoms with E-state index in [2.05, 4.69) is 46.1 Å². The molecular formula is C14H17BrN2OS. The quantitative estimate of drug-likeness (QED) is 0.902. The maximum Gasteiger partial charge on any atom is 0.120 e. The smallest absolute Gasteiger partial charge is 0.120 e. The molecule has 0 amide bonds. The third-order valence-electron chi connectivity index (χ3n) is 3.07. The van der Waals surface area contributed by atoms with Crippen LogP contribution < -0.4 is 15.4 Å². The predicted octanol–water partition coefficient (Wildman–Crippen LogP) is 3.66. The minimum absolute atomic E-state index is 0.170. The maximum absolute atomic E-state index is 5.94. The zero-order valence-corrected chi connectivity index (χ0v) is 13.4. The molecule has 2 rings (SSSR count). The number of hydrogen-bond donors (Lipinski definition) is 1. The van der Waals surface area contributed by atoms with Gasteiger partial charge in [-0.15, -0.1) is 11.3 Å². The van der Waals surface area contributed by atoms with Crippen LogP contribution in [0.15, 0.2) is 40.2 Å². The number of nitrogens with two attached hydrogens (primary N) is 1. The Morgan fingerprint density at radius 3 is 2.74 bits per heavy atom. The van der Waals surface area contributed by atoms with Gasteiger partial charge in [0.2, 0.25) is 0 Å². The van der Waals surface area contributed by atoms with Crippen molar-refractivity contribution >= 4 is 33.0 Å². The molecule has 1 heterocycles. The summed E-state index contributed by atoms with van der Waals surface area (Å²) in [4.78, 5) is 3.43. The van der Waals surface area contributed by atoms with Crippen molar-refractivity contribution in [2.75, 3.05) is 25.6 Å². The van der Waals surface area contributed by atoms with Crippen LogP contribution in [0.5, 0.6) is 5.75 Å². The van der Waals surface area contributed by atoms with Crippen LogP contribution in [0.3, 0.4) is 0 Å². The number of benzene rings is 1. The fourth-order valence-corrected chi connectivity index (χ4v) is 3.56. The first-order chi connectivity index (χ1) is 9.15.